The summed E-state index contributed by atoms with van der Waals surface area (Å²) in [5.41, 5.74) is 6.65. The number of aliphatic hydroxyl groups is 1. The number of aliphatic hydroxyl groups excluding tert-OH is 1. The zero-order valence-electron chi connectivity index (χ0n) is 18.6. The predicted molar refractivity (Wildman–Crippen MR) is 117 cm³/mol. The molecule has 0 bridgehead atoms. The Balaban J connectivity index is 1.94. The van der Waals surface area contributed by atoms with Crippen molar-refractivity contribution in [2.75, 3.05) is 19.8 Å². The van der Waals surface area contributed by atoms with E-state index in [1.165, 1.54) is 11.6 Å². The van der Waals surface area contributed by atoms with Gasteiger partial charge in [-0.1, -0.05) is 31.2 Å². The van der Waals surface area contributed by atoms with Crippen LogP contribution in [0, 0.1) is 11.8 Å². The Morgan fingerprint density at radius 1 is 1.18 bits per heavy atom. The first kappa shape index (κ1) is 27.8. The number of rotatable bonds is 12. The molecule has 0 spiro atoms. The molecule has 0 aliphatic heterocycles. The van der Waals surface area contributed by atoms with Gasteiger partial charge in [0.2, 0.25) is 0 Å². The fraction of sp³-hybridized carbons (Fsp3) is 0.636. The summed E-state index contributed by atoms with van der Waals surface area (Å²) in [6.07, 6.45) is -1.11. The monoisotopic (exact) mass is 495 g/mol. The van der Waals surface area contributed by atoms with E-state index in [9.17, 15) is 22.8 Å². The van der Waals surface area contributed by atoms with Crippen molar-refractivity contribution in [3.8, 4) is 0 Å². The number of aryl methyl sites for hydroxylation is 1. The maximum absolute atomic E-state index is 13.7. The van der Waals surface area contributed by atoms with Gasteiger partial charge in [-0.05, 0) is 55.2 Å². The second-order valence-corrected chi connectivity index (χ2v) is 9.87. The van der Waals surface area contributed by atoms with Gasteiger partial charge in [-0.2, -0.15) is 13.2 Å². The number of hydrogen-bond acceptors (Lipinski definition) is 5. The van der Waals surface area contributed by atoms with Crippen molar-refractivity contribution in [1.29, 1.82) is 0 Å². The molecule has 11 heteroatoms. The predicted octanol–water partition coefficient (Wildman–Crippen LogP) is 3.86. The minimum Gasteiger partial charge on any atom is -0.497 e. The van der Waals surface area contributed by atoms with Gasteiger partial charge in [0.05, 0.1) is 25.4 Å². The van der Waals surface area contributed by atoms with E-state index >= 15 is 0 Å². The van der Waals surface area contributed by atoms with Crippen LogP contribution >= 0.6 is 7.82 Å². The zero-order chi connectivity index (χ0) is 24.7. The van der Waals surface area contributed by atoms with E-state index in [2.05, 4.69) is 4.52 Å². The van der Waals surface area contributed by atoms with E-state index < -0.39 is 38.7 Å². The Kier molecular flexibility index (Phi) is 9.96. The van der Waals surface area contributed by atoms with Crippen LogP contribution < -0.4 is 5.73 Å². The molecule has 7 nitrogen and oxygen atoms in total. The molecule has 0 fully saturated rings. The average Bonchev–Trinajstić information content (AvgIpc) is 2.76. The second-order valence-electron chi connectivity index (χ2n) is 8.63. The number of allylic oxidation sites excluding steroid dienone is 2. The van der Waals surface area contributed by atoms with Crippen molar-refractivity contribution >= 4 is 7.82 Å². The average molecular weight is 495 g/mol. The molecule has 0 saturated carbocycles. The third-order valence-electron chi connectivity index (χ3n) is 5.94. The molecule has 1 aliphatic rings. The van der Waals surface area contributed by atoms with E-state index in [4.69, 9.17) is 20.3 Å². The summed E-state index contributed by atoms with van der Waals surface area (Å²) in [7, 11) is -4.77. The van der Waals surface area contributed by atoms with Crippen LogP contribution in [0.5, 0.6) is 0 Å². The van der Waals surface area contributed by atoms with Crippen LogP contribution in [0.4, 0.5) is 13.2 Å². The lowest BCUT2D eigenvalue weighted by Crippen LogP contribution is -2.48. The van der Waals surface area contributed by atoms with E-state index in [1.54, 1.807) is 0 Å². The quantitative estimate of drug-likeness (QED) is 0.325. The molecule has 1 aromatic carbocycles. The molecule has 0 amide bonds. The van der Waals surface area contributed by atoms with Crippen LogP contribution in [0.25, 0.3) is 0 Å². The lowest BCUT2D eigenvalue weighted by atomic mass is 9.80. The number of alkyl halides is 3. The van der Waals surface area contributed by atoms with Gasteiger partial charge in [0.25, 0.3) is 0 Å². The number of ether oxygens (including phenoxy) is 1. The first-order valence-electron chi connectivity index (χ1n) is 10.9. The van der Waals surface area contributed by atoms with E-state index in [-0.39, 0.29) is 37.5 Å². The molecule has 0 saturated heterocycles. The number of hydrogen-bond donors (Lipinski definition) is 4. The first-order valence-corrected chi connectivity index (χ1v) is 12.5. The highest BCUT2D eigenvalue weighted by molar-refractivity contribution is 7.46. The van der Waals surface area contributed by atoms with Gasteiger partial charge in [0, 0.05) is 6.42 Å². The maximum Gasteiger partial charge on any atom is 0.469 e. The molecule has 3 unspecified atom stereocenters. The maximum atomic E-state index is 13.7. The molecular weight excluding hydrogens is 462 g/mol. The summed E-state index contributed by atoms with van der Waals surface area (Å²) >= 11 is 0. The summed E-state index contributed by atoms with van der Waals surface area (Å²) < 4.78 is 61.9. The van der Waals surface area contributed by atoms with Crippen molar-refractivity contribution in [3.05, 3.63) is 47.2 Å². The normalized spacial score (nSPS) is 21.4. The third-order valence-corrected chi connectivity index (χ3v) is 6.40. The SMILES string of the molecule is CCc1ccc(CCOC2=CCC(CCC(N)(CO)COP(=O)(O)O)CC2C(F)(F)F)cc1. The van der Waals surface area contributed by atoms with Gasteiger partial charge in [-0.15, -0.1) is 0 Å². The van der Waals surface area contributed by atoms with Gasteiger partial charge >= 0.3 is 14.0 Å². The van der Waals surface area contributed by atoms with Crippen molar-refractivity contribution in [2.45, 2.75) is 57.2 Å². The zero-order valence-corrected chi connectivity index (χ0v) is 19.5. The van der Waals surface area contributed by atoms with Gasteiger partial charge in [-0.3, -0.25) is 4.52 Å². The topological polar surface area (TPSA) is 122 Å². The smallest absolute Gasteiger partial charge is 0.469 e. The molecule has 33 heavy (non-hydrogen) atoms. The molecular formula is C22H33F3NO6P. The molecule has 2 rings (SSSR count). The van der Waals surface area contributed by atoms with Crippen molar-refractivity contribution in [3.63, 3.8) is 0 Å². The molecule has 1 aromatic rings. The van der Waals surface area contributed by atoms with E-state index in [0.717, 1.165) is 12.0 Å². The Morgan fingerprint density at radius 3 is 2.36 bits per heavy atom. The molecule has 0 radical (unpaired) electrons. The highest BCUT2D eigenvalue weighted by atomic mass is 31.2. The molecule has 3 atom stereocenters. The van der Waals surface area contributed by atoms with Gasteiger partial charge in [0.15, 0.2) is 0 Å². The van der Waals surface area contributed by atoms with E-state index in [0.29, 0.717) is 12.8 Å². The number of halogens is 3. The Bertz CT molecular complexity index is 826. The largest absolute Gasteiger partial charge is 0.497 e. The molecule has 0 aromatic heterocycles. The summed E-state index contributed by atoms with van der Waals surface area (Å²) in [5.74, 6) is -2.17. The lowest BCUT2D eigenvalue weighted by Gasteiger charge is -2.33. The molecule has 0 heterocycles. The van der Waals surface area contributed by atoms with Gasteiger partial charge in [0.1, 0.15) is 11.7 Å². The summed E-state index contributed by atoms with van der Waals surface area (Å²) in [4.78, 5) is 17.6. The van der Waals surface area contributed by atoms with Crippen LogP contribution in [0.15, 0.2) is 36.1 Å². The lowest BCUT2D eigenvalue weighted by molar-refractivity contribution is -0.180. The van der Waals surface area contributed by atoms with Crippen LogP contribution in [0.3, 0.4) is 0 Å². The number of phosphoric acid groups is 1. The Labute approximate surface area is 192 Å². The fourth-order valence-electron chi connectivity index (χ4n) is 3.79. The minimum absolute atomic E-state index is 0.0521. The number of benzene rings is 1. The molecule has 5 N–H and O–H groups in total. The third kappa shape index (κ3) is 9.39. The standard InChI is InChI=1S/C22H33F3NO6P/c1-2-16-3-5-17(6-4-16)10-12-31-20-8-7-18(13-19(20)22(23,24)25)9-11-21(26,14-27)15-32-33(28,29)30/h3-6,8,18-19,27H,2,7,9-15,26H2,1H3,(H2,28,29,30). The van der Waals surface area contributed by atoms with Crippen molar-refractivity contribution in [2.24, 2.45) is 17.6 Å². The van der Waals surface area contributed by atoms with Gasteiger partial charge < -0.3 is 25.4 Å². The van der Waals surface area contributed by atoms with Crippen molar-refractivity contribution in [1.82, 2.24) is 0 Å². The first-order chi connectivity index (χ1) is 15.3. The van der Waals surface area contributed by atoms with Crippen LogP contribution in [-0.4, -0.2) is 46.4 Å². The highest BCUT2D eigenvalue weighted by Crippen LogP contribution is 2.43. The van der Waals surface area contributed by atoms with Crippen LogP contribution in [-0.2, 0) is 26.7 Å². The van der Waals surface area contributed by atoms with Gasteiger partial charge in [-0.25, -0.2) is 4.57 Å². The second kappa shape index (κ2) is 11.8. The van der Waals surface area contributed by atoms with Crippen molar-refractivity contribution < 1.29 is 41.9 Å². The highest BCUT2D eigenvalue weighted by Gasteiger charge is 2.46. The Hall–Kier alpha value is -1.42. The summed E-state index contributed by atoms with van der Waals surface area (Å²) in [6, 6.07) is 7.89. The van der Waals surface area contributed by atoms with E-state index in [1.807, 2.05) is 31.2 Å². The molecule has 188 valence electrons. The summed E-state index contributed by atoms with van der Waals surface area (Å²) in [5, 5.41) is 9.49. The van der Waals surface area contributed by atoms with Crippen LogP contribution in [0.2, 0.25) is 0 Å². The molecule has 1 aliphatic carbocycles. The number of nitrogens with two attached hydrogens (primary N) is 1. The minimum atomic E-state index is -4.77. The fourth-order valence-corrected chi connectivity index (χ4v) is 4.22. The number of phosphoric ester groups is 1. The summed E-state index contributed by atoms with van der Waals surface area (Å²) in [6.45, 7) is 0.967. The van der Waals surface area contributed by atoms with Crippen LogP contribution in [0.1, 0.15) is 43.7 Å². The Morgan fingerprint density at radius 2 is 1.82 bits per heavy atom.